The van der Waals surface area contributed by atoms with E-state index in [-0.39, 0.29) is 30.4 Å². The summed E-state index contributed by atoms with van der Waals surface area (Å²) in [6, 6.07) is 6.22. The van der Waals surface area contributed by atoms with Crippen LogP contribution in [0.5, 0.6) is 0 Å². The van der Waals surface area contributed by atoms with E-state index < -0.39 is 0 Å². The van der Waals surface area contributed by atoms with Crippen LogP contribution in [0.4, 0.5) is 4.79 Å². The van der Waals surface area contributed by atoms with E-state index in [1.54, 1.807) is 18.5 Å². The number of nitriles is 1. The van der Waals surface area contributed by atoms with Gasteiger partial charge in [0.25, 0.3) is 0 Å². The molecular formula is C24H25N3O3S. The number of carbonyl (C=O) groups is 2. The van der Waals surface area contributed by atoms with Crippen LogP contribution in [-0.2, 0) is 28.8 Å². The molecule has 1 amide bonds. The number of fused-ring (bicyclic) bond motifs is 1. The van der Waals surface area contributed by atoms with E-state index in [1.165, 1.54) is 17.4 Å². The first-order chi connectivity index (χ1) is 15.1. The Bertz CT molecular complexity index is 1020. The summed E-state index contributed by atoms with van der Waals surface area (Å²) in [5.74, 6) is -0.0531. The van der Waals surface area contributed by atoms with Gasteiger partial charge in [-0.25, -0.2) is 4.79 Å². The summed E-state index contributed by atoms with van der Waals surface area (Å²) in [5, 5.41) is 12.6. The Morgan fingerprint density at radius 1 is 1.32 bits per heavy atom. The predicted octanol–water partition coefficient (Wildman–Crippen LogP) is 4.37. The van der Waals surface area contributed by atoms with Gasteiger partial charge >= 0.3 is 6.09 Å². The number of hydrogen-bond donors (Lipinski definition) is 1. The number of alkyl carbamates (subject to hydrolysis) is 1. The van der Waals surface area contributed by atoms with Crippen molar-refractivity contribution in [1.29, 1.82) is 5.26 Å². The highest BCUT2D eigenvalue weighted by molar-refractivity contribution is 7.12. The van der Waals surface area contributed by atoms with Crippen LogP contribution in [0.3, 0.4) is 0 Å². The number of ether oxygens (including phenoxy) is 1. The molecule has 1 unspecified atom stereocenters. The summed E-state index contributed by atoms with van der Waals surface area (Å²) in [6.45, 7) is 0. The van der Waals surface area contributed by atoms with E-state index in [0.29, 0.717) is 24.8 Å². The molecule has 2 aliphatic carbocycles. The van der Waals surface area contributed by atoms with Gasteiger partial charge in [-0.3, -0.25) is 9.78 Å². The smallest absolute Gasteiger partial charge is 0.407 e. The number of carbonyl (C=O) groups excluding carboxylic acids is 2. The van der Waals surface area contributed by atoms with E-state index in [1.807, 2.05) is 12.1 Å². The molecule has 0 radical (unpaired) electrons. The van der Waals surface area contributed by atoms with Crippen LogP contribution in [0.1, 0.15) is 58.5 Å². The van der Waals surface area contributed by atoms with Gasteiger partial charge in [0.1, 0.15) is 12.2 Å². The largest absolute Gasteiger partial charge is 0.446 e. The van der Waals surface area contributed by atoms with Crippen molar-refractivity contribution in [3.8, 4) is 6.07 Å². The number of hydrogen-bond acceptors (Lipinski definition) is 6. The van der Waals surface area contributed by atoms with Gasteiger partial charge in [-0.15, -0.1) is 11.3 Å². The molecule has 0 spiro atoms. The van der Waals surface area contributed by atoms with Gasteiger partial charge in [0.05, 0.1) is 5.56 Å². The maximum atomic E-state index is 12.5. The minimum absolute atomic E-state index is 0.0531. The summed E-state index contributed by atoms with van der Waals surface area (Å²) in [7, 11) is 0. The highest BCUT2D eigenvalue weighted by atomic mass is 32.1. The molecule has 0 aromatic carbocycles. The van der Waals surface area contributed by atoms with Crippen molar-refractivity contribution in [3.63, 3.8) is 0 Å². The molecule has 7 heteroatoms. The third kappa shape index (κ3) is 5.39. The van der Waals surface area contributed by atoms with E-state index >= 15 is 0 Å². The number of pyridine rings is 1. The molecule has 160 valence electrons. The summed E-state index contributed by atoms with van der Waals surface area (Å²) in [5.41, 5.74) is 2.50. The number of rotatable bonds is 6. The molecule has 31 heavy (non-hydrogen) atoms. The number of allylic oxidation sites excluding steroid dienone is 1. The van der Waals surface area contributed by atoms with E-state index in [2.05, 4.69) is 16.4 Å². The van der Waals surface area contributed by atoms with Gasteiger partial charge in [0, 0.05) is 41.0 Å². The van der Waals surface area contributed by atoms with Gasteiger partial charge in [-0.05, 0) is 55.0 Å². The number of ketones is 1. The molecule has 1 saturated carbocycles. The van der Waals surface area contributed by atoms with E-state index in [0.717, 1.165) is 46.6 Å². The summed E-state index contributed by atoms with van der Waals surface area (Å²) < 4.78 is 5.65. The Balaban J connectivity index is 1.38. The van der Waals surface area contributed by atoms with Gasteiger partial charge in [0.2, 0.25) is 0 Å². The fourth-order valence-electron chi connectivity index (χ4n) is 4.27. The van der Waals surface area contributed by atoms with Crippen LogP contribution >= 0.6 is 11.3 Å². The zero-order valence-electron chi connectivity index (χ0n) is 17.3. The number of nitrogens with zero attached hydrogens (tertiary/aromatic N) is 2. The number of thiophene rings is 1. The molecule has 0 bridgehead atoms. The van der Waals surface area contributed by atoms with Crippen molar-refractivity contribution < 1.29 is 14.3 Å². The van der Waals surface area contributed by atoms with Gasteiger partial charge in [0.15, 0.2) is 5.78 Å². The molecule has 4 rings (SSSR count). The maximum Gasteiger partial charge on any atom is 0.407 e. The molecule has 0 saturated heterocycles. The molecule has 1 fully saturated rings. The molecule has 2 aromatic heterocycles. The molecular weight excluding hydrogens is 410 g/mol. The van der Waals surface area contributed by atoms with Gasteiger partial charge < -0.3 is 10.1 Å². The predicted molar refractivity (Wildman–Crippen MR) is 119 cm³/mol. The highest BCUT2D eigenvalue weighted by Gasteiger charge is 2.29. The number of amides is 1. The summed E-state index contributed by atoms with van der Waals surface area (Å²) >= 11 is 1.50. The molecule has 2 aliphatic rings. The molecule has 2 aromatic rings. The van der Waals surface area contributed by atoms with Crippen LogP contribution in [0.25, 0.3) is 6.08 Å². The lowest BCUT2D eigenvalue weighted by atomic mass is 9.92. The molecule has 0 aliphatic heterocycles. The third-order valence-electron chi connectivity index (χ3n) is 5.84. The van der Waals surface area contributed by atoms with Crippen LogP contribution in [0.2, 0.25) is 0 Å². The SMILES string of the molecule is N#Cc1c(CC(=O)/C=C/c2cccnc2)sc2c1CCC(OC(=O)NC1CCCC1)C2. The zero-order valence-corrected chi connectivity index (χ0v) is 18.1. The Morgan fingerprint density at radius 2 is 2.16 bits per heavy atom. The van der Waals surface area contributed by atoms with Crippen LogP contribution in [0, 0.1) is 11.3 Å². The normalized spacial score (nSPS) is 18.5. The van der Waals surface area contributed by atoms with Crippen LogP contribution in [-0.4, -0.2) is 29.0 Å². The lowest BCUT2D eigenvalue weighted by Crippen LogP contribution is -2.37. The number of aromatic nitrogens is 1. The molecule has 1 N–H and O–H groups in total. The second-order valence-corrected chi connectivity index (χ2v) is 9.26. The van der Waals surface area contributed by atoms with Crippen molar-refractivity contribution in [3.05, 3.63) is 57.0 Å². The van der Waals surface area contributed by atoms with Gasteiger partial charge in [-0.1, -0.05) is 18.9 Å². The van der Waals surface area contributed by atoms with E-state index in [4.69, 9.17) is 4.74 Å². The molecule has 2 heterocycles. The van der Waals surface area contributed by atoms with Gasteiger partial charge in [-0.2, -0.15) is 5.26 Å². The first-order valence-corrected chi connectivity index (χ1v) is 11.6. The zero-order chi connectivity index (χ0) is 21.6. The highest BCUT2D eigenvalue weighted by Crippen LogP contribution is 2.35. The lowest BCUT2D eigenvalue weighted by Gasteiger charge is -2.23. The molecule has 6 nitrogen and oxygen atoms in total. The third-order valence-corrected chi connectivity index (χ3v) is 7.09. The standard InChI is InChI=1S/C24H25N3O3S/c25-14-21-20-10-9-19(30-24(29)27-17-5-1-2-6-17)13-23(20)31-22(21)12-18(28)8-7-16-4-3-11-26-15-16/h3-4,7-8,11,15,17,19H,1-2,5-6,9-10,12-13H2,(H,27,29)/b8-7+. The lowest BCUT2D eigenvalue weighted by molar-refractivity contribution is -0.113. The maximum absolute atomic E-state index is 12.5. The van der Waals surface area contributed by atoms with Crippen molar-refractivity contribution in [2.24, 2.45) is 0 Å². The minimum Gasteiger partial charge on any atom is -0.446 e. The van der Waals surface area contributed by atoms with Crippen molar-refractivity contribution in [1.82, 2.24) is 10.3 Å². The fourth-order valence-corrected chi connectivity index (χ4v) is 5.65. The van der Waals surface area contributed by atoms with Crippen LogP contribution in [0.15, 0.2) is 30.6 Å². The van der Waals surface area contributed by atoms with Crippen molar-refractivity contribution in [2.45, 2.75) is 63.5 Å². The second-order valence-electron chi connectivity index (χ2n) is 8.07. The second kappa shape index (κ2) is 9.88. The minimum atomic E-state index is -0.339. The topological polar surface area (TPSA) is 92.1 Å². The number of nitrogens with one attached hydrogen (secondary N) is 1. The molecule has 1 atom stereocenters. The fraction of sp³-hybridized carbons (Fsp3) is 0.417. The quantitative estimate of drug-likeness (QED) is 0.681. The average Bonchev–Trinajstić information content (AvgIpc) is 3.39. The van der Waals surface area contributed by atoms with Crippen molar-refractivity contribution in [2.75, 3.05) is 0 Å². The Hall–Kier alpha value is -2.98. The monoisotopic (exact) mass is 435 g/mol. The van der Waals surface area contributed by atoms with Crippen LogP contribution < -0.4 is 5.32 Å². The first kappa shape index (κ1) is 21.3. The summed E-state index contributed by atoms with van der Waals surface area (Å²) in [6.07, 6.45) is 12.7. The van der Waals surface area contributed by atoms with Crippen molar-refractivity contribution >= 4 is 29.3 Å². The Morgan fingerprint density at radius 3 is 2.90 bits per heavy atom. The Labute approximate surface area is 186 Å². The summed E-state index contributed by atoms with van der Waals surface area (Å²) in [4.78, 5) is 30.5. The Kier molecular flexibility index (Phi) is 6.78. The first-order valence-electron chi connectivity index (χ1n) is 10.7. The average molecular weight is 436 g/mol. The van der Waals surface area contributed by atoms with E-state index in [9.17, 15) is 14.9 Å².